The lowest BCUT2D eigenvalue weighted by Gasteiger charge is -2.20. The summed E-state index contributed by atoms with van der Waals surface area (Å²) in [5, 5.41) is 0. The van der Waals surface area contributed by atoms with Crippen molar-refractivity contribution in [2.75, 3.05) is 0 Å². The second kappa shape index (κ2) is 9.09. The number of alkyl halides is 2. The van der Waals surface area contributed by atoms with Crippen molar-refractivity contribution in [3.8, 4) is 28.0 Å². The van der Waals surface area contributed by atoms with E-state index in [0.717, 1.165) is 18.1 Å². The lowest BCUT2D eigenvalue weighted by atomic mass is 9.98. The molecule has 0 fully saturated rings. The number of halogens is 7. The van der Waals surface area contributed by atoms with Gasteiger partial charge in [-0.1, -0.05) is 42.0 Å². The molecule has 0 saturated carbocycles. The van der Waals surface area contributed by atoms with Crippen LogP contribution in [-0.2, 0) is 6.11 Å². The van der Waals surface area contributed by atoms with Gasteiger partial charge in [-0.05, 0) is 48.7 Å². The second-order valence-corrected chi connectivity index (χ2v) is 8.01. The van der Waals surface area contributed by atoms with Crippen LogP contribution in [0.4, 0.5) is 30.7 Å². The van der Waals surface area contributed by atoms with E-state index in [0.29, 0.717) is 29.8 Å². The number of hydrogen-bond acceptors (Lipinski definition) is 1. The van der Waals surface area contributed by atoms with E-state index in [-0.39, 0.29) is 11.1 Å². The molecule has 0 atom stereocenters. The molecule has 0 bridgehead atoms. The van der Waals surface area contributed by atoms with Gasteiger partial charge in [0, 0.05) is 23.3 Å². The third kappa shape index (κ3) is 4.87. The highest BCUT2D eigenvalue weighted by atomic mass is 19.3. The molecule has 1 nitrogen and oxygen atoms in total. The summed E-state index contributed by atoms with van der Waals surface area (Å²) >= 11 is 0. The number of benzene rings is 4. The smallest absolute Gasteiger partial charge is 0.429 e. The average molecular weight is 490 g/mol. The first kappa shape index (κ1) is 24.3. The molecule has 4 aromatic rings. The Morgan fingerprint density at radius 3 is 1.63 bits per heavy atom. The summed E-state index contributed by atoms with van der Waals surface area (Å²) < 4.78 is 105. The van der Waals surface area contributed by atoms with Crippen molar-refractivity contribution in [2.45, 2.75) is 20.0 Å². The first-order chi connectivity index (χ1) is 16.5. The molecule has 0 spiro atoms. The largest absolute Gasteiger partial charge is 0.432 e. The van der Waals surface area contributed by atoms with E-state index in [9.17, 15) is 30.7 Å². The highest BCUT2D eigenvalue weighted by molar-refractivity contribution is 5.71. The van der Waals surface area contributed by atoms with Crippen LogP contribution in [0.25, 0.3) is 22.3 Å². The summed E-state index contributed by atoms with van der Waals surface area (Å²) in [6.07, 6.45) is -4.62. The van der Waals surface area contributed by atoms with E-state index in [2.05, 4.69) is 4.74 Å². The van der Waals surface area contributed by atoms with Crippen LogP contribution in [-0.4, -0.2) is 0 Å². The Morgan fingerprint density at radius 2 is 1.09 bits per heavy atom. The number of hydrogen-bond donors (Lipinski definition) is 0. The summed E-state index contributed by atoms with van der Waals surface area (Å²) in [6.45, 7) is 2.98. The molecule has 0 saturated heterocycles. The van der Waals surface area contributed by atoms with E-state index in [1.807, 2.05) is 19.1 Å². The topological polar surface area (TPSA) is 9.23 Å². The highest BCUT2D eigenvalue weighted by Crippen LogP contribution is 2.38. The molecule has 35 heavy (non-hydrogen) atoms. The van der Waals surface area contributed by atoms with Gasteiger partial charge in [-0.3, -0.25) is 0 Å². The van der Waals surface area contributed by atoms with Gasteiger partial charge in [0.15, 0.2) is 0 Å². The van der Waals surface area contributed by atoms with Crippen molar-refractivity contribution in [1.29, 1.82) is 0 Å². The maximum absolute atomic E-state index is 14.8. The van der Waals surface area contributed by atoms with Crippen LogP contribution < -0.4 is 4.74 Å². The van der Waals surface area contributed by atoms with Crippen LogP contribution in [0.3, 0.4) is 0 Å². The molecule has 0 N–H and O–H groups in total. The van der Waals surface area contributed by atoms with Gasteiger partial charge in [0.25, 0.3) is 0 Å². The van der Waals surface area contributed by atoms with Gasteiger partial charge in [0.05, 0.1) is 0 Å². The lowest BCUT2D eigenvalue weighted by Crippen LogP contribution is -2.25. The first-order valence-corrected chi connectivity index (χ1v) is 10.3. The summed E-state index contributed by atoms with van der Waals surface area (Å²) in [5.74, 6) is -7.56. The van der Waals surface area contributed by atoms with Gasteiger partial charge in [0.2, 0.25) is 0 Å². The number of rotatable bonds is 5. The zero-order chi connectivity index (χ0) is 25.5. The SMILES string of the molecule is Cc1ccc(-c2ccc(-c3cc(F)c(C(F)(F)Oc4cc(F)c(C)c(F)c4)c(F)c3)c(F)c2)cc1. The predicted octanol–water partition coefficient (Wildman–Crippen LogP) is 8.46. The fourth-order valence-electron chi connectivity index (χ4n) is 3.56. The highest BCUT2D eigenvalue weighted by Gasteiger charge is 2.41. The minimum Gasteiger partial charge on any atom is -0.429 e. The first-order valence-electron chi connectivity index (χ1n) is 10.3. The molecule has 0 aromatic heterocycles. The average Bonchev–Trinajstić information content (AvgIpc) is 2.76. The number of ether oxygens (including phenoxy) is 1. The Morgan fingerprint density at radius 1 is 0.571 bits per heavy atom. The van der Waals surface area contributed by atoms with Crippen molar-refractivity contribution in [3.63, 3.8) is 0 Å². The van der Waals surface area contributed by atoms with E-state index < -0.39 is 52.1 Å². The molecule has 0 heterocycles. The molecule has 180 valence electrons. The van der Waals surface area contributed by atoms with Gasteiger partial charge >= 0.3 is 6.11 Å². The van der Waals surface area contributed by atoms with Crippen LogP contribution >= 0.6 is 0 Å². The Kier molecular flexibility index (Phi) is 6.32. The third-order valence-corrected chi connectivity index (χ3v) is 5.50. The Bertz CT molecular complexity index is 1370. The lowest BCUT2D eigenvalue weighted by molar-refractivity contribution is -0.189. The van der Waals surface area contributed by atoms with Gasteiger partial charge in [-0.25, -0.2) is 22.0 Å². The van der Waals surface area contributed by atoms with E-state index >= 15 is 0 Å². The fraction of sp³-hybridized carbons (Fsp3) is 0.111. The molecular weight excluding hydrogens is 473 g/mol. The molecule has 0 aliphatic rings. The molecule has 0 unspecified atom stereocenters. The Balaban J connectivity index is 1.67. The predicted molar refractivity (Wildman–Crippen MR) is 118 cm³/mol. The maximum Gasteiger partial charge on any atom is 0.432 e. The zero-order valence-corrected chi connectivity index (χ0v) is 18.4. The quantitative estimate of drug-likeness (QED) is 0.255. The molecule has 0 aliphatic heterocycles. The maximum atomic E-state index is 14.8. The van der Waals surface area contributed by atoms with Crippen LogP contribution in [0, 0.1) is 42.9 Å². The molecule has 0 aliphatic carbocycles. The summed E-state index contributed by atoms with van der Waals surface area (Å²) in [5.41, 5.74) is -0.500. The van der Waals surface area contributed by atoms with E-state index in [1.165, 1.54) is 18.2 Å². The van der Waals surface area contributed by atoms with E-state index in [1.54, 1.807) is 12.1 Å². The summed E-state index contributed by atoms with van der Waals surface area (Å²) in [7, 11) is 0. The standard InChI is InChI=1S/C27H17F7O/c1-14-3-5-16(6-4-14)17-7-8-20(23(30)9-17)18-10-24(31)26(25(32)11-18)27(33,34)35-19-12-21(28)15(2)22(29)13-19/h3-13H,1-2H3. The molecular formula is C27H17F7O. The number of aryl methyl sites for hydroxylation is 1. The molecule has 8 heteroatoms. The minimum atomic E-state index is -4.62. The molecule has 4 aromatic carbocycles. The van der Waals surface area contributed by atoms with Crippen LogP contribution in [0.5, 0.6) is 5.75 Å². The normalized spacial score (nSPS) is 11.6. The van der Waals surface area contributed by atoms with Gasteiger partial charge in [0.1, 0.15) is 40.4 Å². The van der Waals surface area contributed by atoms with Crippen molar-refractivity contribution in [2.24, 2.45) is 0 Å². The zero-order valence-electron chi connectivity index (χ0n) is 18.4. The van der Waals surface area contributed by atoms with Gasteiger partial charge in [-0.2, -0.15) is 8.78 Å². The van der Waals surface area contributed by atoms with Gasteiger partial charge < -0.3 is 4.74 Å². The van der Waals surface area contributed by atoms with Crippen molar-refractivity contribution >= 4 is 0 Å². The van der Waals surface area contributed by atoms with Crippen molar-refractivity contribution in [3.05, 3.63) is 113 Å². The van der Waals surface area contributed by atoms with Crippen molar-refractivity contribution < 1.29 is 35.5 Å². The third-order valence-electron chi connectivity index (χ3n) is 5.50. The van der Waals surface area contributed by atoms with Crippen LogP contribution in [0.15, 0.2) is 66.7 Å². The van der Waals surface area contributed by atoms with Crippen molar-refractivity contribution in [1.82, 2.24) is 0 Å². The summed E-state index contributed by atoms with van der Waals surface area (Å²) in [4.78, 5) is 0. The Hall–Kier alpha value is -3.81. The van der Waals surface area contributed by atoms with Crippen LogP contribution in [0.2, 0.25) is 0 Å². The fourth-order valence-corrected chi connectivity index (χ4v) is 3.56. The van der Waals surface area contributed by atoms with Crippen LogP contribution in [0.1, 0.15) is 16.7 Å². The molecule has 4 rings (SSSR count). The monoisotopic (exact) mass is 490 g/mol. The minimum absolute atomic E-state index is 0.211. The summed E-state index contributed by atoms with van der Waals surface area (Å²) in [6, 6.07) is 13.3. The molecule has 0 amide bonds. The second-order valence-electron chi connectivity index (χ2n) is 8.01. The molecule has 0 radical (unpaired) electrons. The Labute approximate surface area is 196 Å². The van der Waals surface area contributed by atoms with Gasteiger partial charge in [-0.15, -0.1) is 0 Å². The van der Waals surface area contributed by atoms with E-state index in [4.69, 9.17) is 0 Å².